The molecule has 1 aliphatic heterocycles. The van der Waals surface area contributed by atoms with E-state index >= 15 is 0 Å². The normalized spacial score (nSPS) is 18.6. The van der Waals surface area contributed by atoms with Gasteiger partial charge in [0.25, 0.3) is 0 Å². The molecule has 1 heterocycles. The van der Waals surface area contributed by atoms with Gasteiger partial charge in [0, 0.05) is 31.7 Å². The van der Waals surface area contributed by atoms with Gasteiger partial charge in [0.15, 0.2) is 0 Å². The molecule has 2 rings (SSSR count). The van der Waals surface area contributed by atoms with E-state index in [0.29, 0.717) is 13.1 Å². The molecule has 1 aliphatic rings. The third-order valence-electron chi connectivity index (χ3n) is 5.08. The van der Waals surface area contributed by atoms with Crippen LogP contribution in [0.3, 0.4) is 0 Å². The number of rotatable bonds is 6. The topological polar surface area (TPSA) is 78.7 Å². The van der Waals surface area contributed by atoms with E-state index < -0.39 is 6.04 Å². The summed E-state index contributed by atoms with van der Waals surface area (Å²) in [5.74, 6) is -0.275. The van der Waals surface area contributed by atoms with Crippen LogP contribution in [-0.2, 0) is 16.1 Å². The molecule has 1 saturated heterocycles. The molecule has 6 heteroatoms. The van der Waals surface area contributed by atoms with Crippen LogP contribution in [0, 0.1) is 5.92 Å². The minimum Gasteiger partial charge on any atom is -0.346 e. The Morgan fingerprint density at radius 2 is 1.85 bits per heavy atom. The highest BCUT2D eigenvalue weighted by atomic mass is 16.2. The van der Waals surface area contributed by atoms with Gasteiger partial charge in [0.1, 0.15) is 0 Å². The molecule has 0 saturated carbocycles. The summed E-state index contributed by atoms with van der Waals surface area (Å²) in [4.78, 5) is 28.7. The molecule has 2 amide bonds. The van der Waals surface area contributed by atoms with Gasteiger partial charge in [-0.1, -0.05) is 44.2 Å². The first-order chi connectivity index (χ1) is 12.2. The maximum Gasteiger partial charge on any atom is 0.242 e. The van der Waals surface area contributed by atoms with Gasteiger partial charge in [-0.2, -0.15) is 0 Å². The van der Waals surface area contributed by atoms with Crippen molar-refractivity contribution in [2.24, 2.45) is 11.7 Å². The van der Waals surface area contributed by atoms with Crippen LogP contribution < -0.4 is 11.1 Å². The molecule has 1 atom stereocenters. The SMILES string of the molecule is CC(C)[C@H](N)C(=O)NCC(=O)N1CCN(Cc2ccccc2)C(C)(C)C1. The zero-order valence-corrected chi connectivity index (χ0v) is 16.4. The fourth-order valence-corrected chi connectivity index (χ4v) is 3.20. The van der Waals surface area contributed by atoms with Crippen molar-refractivity contribution in [3.63, 3.8) is 0 Å². The Balaban J connectivity index is 1.88. The molecule has 144 valence electrons. The molecule has 1 fully saturated rings. The average molecular weight is 361 g/mol. The van der Waals surface area contributed by atoms with Gasteiger partial charge < -0.3 is 16.0 Å². The quantitative estimate of drug-likeness (QED) is 0.799. The van der Waals surface area contributed by atoms with Crippen LogP contribution in [0.5, 0.6) is 0 Å². The summed E-state index contributed by atoms with van der Waals surface area (Å²) in [5, 5.41) is 2.67. The van der Waals surface area contributed by atoms with Gasteiger partial charge in [-0.3, -0.25) is 14.5 Å². The van der Waals surface area contributed by atoms with E-state index in [9.17, 15) is 9.59 Å². The molecule has 0 bridgehead atoms. The van der Waals surface area contributed by atoms with E-state index in [1.165, 1.54) is 5.56 Å². The fourth-order valence-electron chi connectivity index (χ4n) is 3.20. The third kappa shape index (κ3) is 5.29. The third-order valence-corrected chi connectivity index (χ3v) is 5.08. The van der Waals surface area contributed by atoms with Gasteiger partial charge in [-0.25, -0.2) is 0 Å². The number of benzene rings is 1. The average Bonchev–Trinajstić information content (AvgIpc) is 2.60. The largest absolute Gasteiger partial charge is 0.346 e. The Hall–Kier alpha value is -1.92. The zero-order chi connectivity index (χ0) is 19.3. The number of hydrogen-bond acceptors (Lipinski definition) is 4. The molecule has 1 aromatic carbocycles. The molecule has 0 unspecified atom stereocenters. The summed E-state index contributed by atoms with van der Waals surface area (Å²) in [6.07, 6.45) is 0. The van der Waals surface area contributed by atoms with Crippen LogP contribution in [0.4, 0.5) is 0 Å². The van der Waals surface area contributed by atoms with Gasteiger partial charge in [-0.15, -0.1) is 0 Å². The Kier molecular flexibility index (Phi) is 6.78. The first-order valence-electron chi connectivity index (χ1n) is 9.31. The molecule has 0 spiro atoms. The first kappa shape index (κ1) is 20.4. The summed E-state index contributed by atoms with van der Waals surface area (Å²) in [5.41, 5.74) is 6.97. The van der Waals surface area contributed by atoms with Gasteiger partial charge >= 0.3 is 0 Å². The number of carbonyl (C=O) groups is 2. The number of nitrogens with zero attached hydrogens (tertiary/aromatic N) is 2. The van der Waals surface area contributed by atoms with Crippen LogP contribution in [0.1, 0.15) is 33.3 Å². The van der Waals surface area contributed by atoms with Crippen LogP contribution in [-0.4, -0.2) is 59.4 Å². The molecule has 0 aliphatic carbocycles. The summed E-state index contributed by atoms with van der Waals surface area (Å²) >= 11 is 0. The predicted molar refractivity (Wildman–Crippen MR) is 103 cm³/mol. The van der Waals surface area contributed by atoms with Crippen molar-refractivity contribution in [1.82, 2.24) is 15.1 Å². The lowest BCUT2D eigenvalue weighted by molar-refractivity contribution is -0.137. The predicted octanol–water partition coefficient (Wildman–Crippen LogP) is 1.21. The van der Waals surface area contributed by atoms with E-state index in [1.807, 2.05) is 36.9 Å². The Morgan fingerprint density at radius 3 is 2.42 bits per heavy atom. The smallest absolute Gasteiger partial charge is 0.242 e. The van der Waals surface area contributed by atoms with E-state index in [2.05, 4.69) is 36.2 Å². The number of nitrogens with one attached hydrogen (secondary N) is 1. The zero-order valence-electron chi connectivity index (χ0n) is 16.4. The lowest BCUT2D eigenvalue weighted by Crippen LogP contribution is -2.61. The lowest BCUT2D eigenvalue weighted by atomic mass is 9.97. The van der Waals surface area contributed by atoms with Gasteiger partial charge in [0.05, 0.1) is 12.6 Å². The van der Waals surface area contributed by atoms with Crippen molar-refractivity contribution in [3.8, 4) is 0 Å². The second-order valence-corrected chi connectivity index (χ2v) is 8.02. The fraction of sp³-hybridized carbons (Fsp3) is 0.600. The van der Waals surface area contributed by atoms with Crippen LogP contribution in [0.25, 0.3) is 0 Å². The molecule has 6 nitrogen and oxygen atoms in total. The number of piperazine rings is 1. The molecular weight excluding hydrogens is 328 g/mol. The second-order valence-electron chi connectivity index (χ2n) is 8.02. The van der Waals surface area contributed by atoms with Crippen molar-refractivity contribution < 1.29 is 9.59 Å². The van der Waals surface area contributed by atoms with Crippen LogP contribution >= 0.6 is 0 Å². The van der Waals surface area contributed by atoms with E-state index in [0.717, 1.165) is 13.1 Å². The molecule has 0 aromatic heterocycles. The maximum absolute atomic E-state index is 12.5. The van der Waals surface area contributed by atoms with E-state index in [4.69, 9.17) is 5.73 Å². The summed E-state index contributed by atoms with van der Waals surface area (Å²) in [6.45, 7) is 11.1. The van der Waals surface area contributed by atoms with Gasteiger partial charge in [-0.05, 0) is 25.3 Å². The molecule has 1 aromatic rings. The molecule has 0 radical (unpaired) electrons. The Bertz CT molecular complexity index is 615. The summed E-state index contributed by atoms with van der Waals surface area (Å²) < 4.78 is 0. The minimum absolute atomic E-state index is 0.00795. The number of carbonyl (C=O) groups excluding carboxylic acids is 2. The lowest BCUT2D eigenvalue weighted by Gasteiger charge is -2.47. The Labute approximate surface area is 156 Å². The van der Waals surface area contributed by atoms with Crippen LogP contribution in [0.15, 0.2) is 30.3 Å². The molecule has 3 N–H and O–H groups in total. The van der Waals surface area contributed by atoms with Gasteiger partial charge in [0.2, 0.25) is 11.8 Å². The monoisotopic (exact) mass is 360 g/mol. The van der Waals surface area contributed by atoms with Crippen molar-refractivity contribution in [2.45, 2.75) is 45.8 Å². The minimum atomic E-state index is -0.582. The Morgan fingerprint density at radius 1 is 1.19 bits per heavy atom. The number of nitrogens with two attached hydrogens (primary N) is 1. The number of hydrogen-bond donors (Lipinski definition) is 2. The van der Waals surface area contributed by atoms with Crippen molar-refractivity contribution in [1.29, 1.82) is 0 Å². The van der Waals surface area contributed by atoms with Crippen LogP contribution in [0.2, 0.25) is 0 Å². The summed E-state index contributed by atoms with van der Waals surface area (Å²) in [6, 6.07) is 9.79. The van der Waals surface area contributed by atoms with E-state index in [-0.39, 0.29) is 29.8 Å². The highest BCUT2D eigenvalue weighted by Gasteiger charge is 2.35. The van der Waals surface area contributed by atoms with Crippen molar-refractivity contribution >= 4 is 11.8 Å². The first-order valence-corrected chi connectivity index (χ1v) is 9.31. The highest BCUT2D eigenvalue weighted by Crippen LogP contribution is 2.23. The highest BCUT2D eigenvalue weighted by molar-refractivity contribution is 5.87. The van der Waals surface area contributed by atoms with Crippen molar-refractivity contribution in [3.05, 3.63) is 35.9 Å². The molecule has 26 heavy (non-hydrogen) atoms. The number of amides is 2. The van der Waals surface area contributed by atoms with Crippen molar-refractivity contribution in [2.75, 3.05) is 26.2 Å². The van der Waals surface area contributed by atoms with E-state index in [1.54, 1.807) is 0 Å². The molecular formula is C20H32N4O2. The maximum atomic E-state index is 12.5. The standard InChI is InChI=1S/C20H32N4O2/c1-15(2)18(21)19(26)22-12-17(25)23-10-11-24(20(3,4)14-23)13-16-8-6-5-7-9-16/h5-9,15,18H,10-14,21H2,1-4H3,(H,22,26)/t18-/m0/s1. The summed E-state index contributed by atoms with van der Waals surface area (Å²) in [7, 11) is 0. The second kappa shape index (κ2) is 8.64.